The van der Waals surface area contributed by atoms with E-state index in [1.54, 1.807) is 6.92 Å². The maximum absolute atomic E-state index is 13.6. The fourth-order valence-corrected chi connectivity index (χ4v) is 1.77. The summed E-state index contributed by atoms with van der Waals surface area (Å²) < 4.78 is 18.2. The van der Waals surface area contributed by atoms with E-state index in [0.29, 0.717) is 0 Å². The average Bonchev–Trinajstić information content (AvgIpc) is 2.35. The van der Waals surface area contributed by atoms with Crippen molar-refractivity contribution in [3.63, 3.8) is 0 Å². The van der Waals surface area contributed by atoms with Crippen LogP contribution in [0.25, 0.3) is 0 Å². The maximum atomic E-state index is 13.6. The SMILES string of the molecule is CCOC(=O)CC(=O)c1cc([N+](=O)[O-])c(F)c(C)c1Cl. The molecular weight excluding hydrogens is 293 g/mol. The van der Waals surface area contributed by atoms with Crippen LogP contribution < -0.4 is 0 Å². The van der Waals surface area contributed by atoms with Gasteiger partial charge in [0.25, 0.3) is 0 Å². The summed E-state index contributed by atoms with van der Waals surface area (Å²) in [4.78, 5) is 32.8. The molecule has 0 atom stereocenters. The number of nitro benzene ring substituents is 1. The molecular formula is C12H11ClFNO5. The fraction of sp³-hybridized carbons (Fsp3) is 0.333. The molecule has 0 unspecified atom stereocenters. The van der Waals surface area contributed by atoms with Crippen molar-refractivity contribution < 1.29 is 23.6 Å². The van der Waals surface area contributed by atoms with E-state index in [0.717, 1.165) is 6.07 Å². The average molecular weight is 304 g/mol. The molecule has 1 rings (SSSR count). The van der Waals surface area contributed by atoms with Gasteiger partial charge in [-0.3, -0.25) is 19.7 Å². The Morgan fingerprint density at radius 1 is 1.50 bits per heavy atom. The third kappa shape index (κ3) is 3.30. The lowest BCUT2D eigenvalue weighted by molar-refractivity contribution is -0.387. The van der Waals surface area contributed by atoms with Crippen molar-refractivity contribution in [3.05, 3.63) is 38.1 Å². The van der Waals surface area contributed by atoms with Crippen molar-refractivity contribution in [1.82, 2.24) is 0 Å². The number of nitrogens with zero attached hydrogens (tertiary/aromatic N) is 1. The number of Topliss-reactive ketones (excluding diaryl/α,β-unsaturated/α-hetero) is 1. The van der Waals surface area contributed by atoms with Crippen molar-refractivity contribution in [2.24, 2.45) is 0 Å². The Kier molecular flexibility index (Phi) is 5.15. The van der Waals surface area contributed by atoms with E-state index in [-0.39, 0.29) is 22.8 Å². The Labute approximate surface area is 118 Å². The Morgan fingerprint density at radius 2 is 2.10 bits per heavy atom. The number of rotatable bonds is 5. The number of benzene rings is 1. The maximum Gasteiger partial charge on any atom is 0.313 e. The summed E-state index contributed by atoms with van der Waals surface area (Å²) in [6.07, 6.45) is -0.615. The van der Waals surface area contributed by atoms with Crippen LogP contribution in [0.1, 0.15) is 29.3 Å². The van der Waals surface area contributed by atoms with E-state index in [1.165, 1.54) is 6.92 Å². The van der Waals surface area contributed by atoms with Gasteiger partial charge in [-0.05, 0) is 13.8 Å². The monoisotopic (exact) mass is 303 g/mol. The summed E-state index contributed by atoms with van der Waals surface area (Å²) in [6.45, 7) is 2.89. The molecule has 0 N–H and O–H groups in total. The first-order valence-electron chi connectivity index (χ1n) is 5.61. The number of nitro groups is 1. The minimum absolute atomic E-state index is 0.0996. The first-order chi connectivity index (χ1) is 9.29. The summed E-state index contributed by atoms with van der Waals surface area (Å²) >= 11 is 5.79. The third-order valence-corrected chi connectivity index (χ3v) is 3.00. The Morgan fingerprint density at radius 3 is 2.60 bits per heavy atom. The first kappa shape index (κ1) is 16.0. The summed E-state index contributed by atoms with van der Waals surface area (Å²) in [6, 6.07) is 0.728. The van der Waals surface area contributed by atoms with Crippen molar-refractivity contribution in [3.8, 4) is 0 Å². The highest BCUT2D eigenvalue weighted by molar-refractivity contribution is 6.35. The molecule has 8 heteroatoms. The summed E-state index contributed by atoms with van der Waals surface area (Å²) in [7, 11) is 0. The highest BCUT2D eigenvalue weighted by Gasteiger charge is 2.25. The summed E-state index contributed by atoms with van der Waals surface area (Å²) in [5.41, 5.74) is -1.35. The minimum Gasteiger partial charge on any atom is -0.466 e. The van der Waals surface area contributed by atoms with Gasteiger partial charge in [0.2, 0.25) is 5.82 Å². The van der Waals surface area contributed by atoms with Crippen molar-refractivity contribution >= 4 is 29.0 Å². The molecule has 0 radical (unpaired) electrons. The van der Waals surface area contributed by atoms with Gasteiger partial charge in [-0.2, -0.15) is 4.39 Å². The molecule has 1 aromatic carbocycles. The zero-order valence-electron chi connectivity index (χ0n) is 10.7. The second-order valence-corrected chi connectivity index (χ2v) is 4.24. The Balaban J connectivity index is 3.21. The molecule has 20 heavy (non-hydrogen) atoms. The molecule has 0 aliphatic carbocycles. The molecule has 0 saturated heterocycles. The lowest BCUT2D eigenvalue weighted by atomic mass is 10.0. The first-order valence-corrected chi connectivity index (χ1v) is 5.99. The highest BCUT2D eigenvalue weighted by Crippen LogP contribution is 2.31. The van der Waals surface area contributed by atoms with Crippen LogP contribution in [0.4, 0.5) is 10.1 Å². The van der Waals surface area contributed by atoms with Crippen LogP contribution in [0.3, 0.4) is 0 Å². The number of carbonyl (C=O) groups excluding carboxylic acids is 2. The normalized spacial score (nSPS) is 10.2. The second kappa shape index (κ2) is 6.42. The molecule has 0 spiro atoms. The fourth-order valence-electron chi connectivity index (χ4n) is 1.53. The number of hydrogen-bond acceptors (Lipinski definition) is 5. The number of hydrogen-bond donors (Lipinski definition) is 0. The van der Waals surface area contributed by atoms with Crippen LogP contribution in [0.2, 0.25) is 5.02 Å². The standard InChI is InChI=1S/C12H11ClFNO5/c1-3-20-10(17)5-9(16)7-4-8(15(18)19)12(14)6(2)11(7)13/h4H,3,5H2,1-2H3. The van der Waals surface area contributed by atoms with Gasteiger partial charge < -0.3 is 4.74 Å². The van der Waals surface area contributed by atoms with Gasteiger partial charge in [0.05, 0.1) is 16.6 Å². The molecule has 6 nitrogen and oxygen atoms in total. The third-order valence-electron chi connectivity index (χ3n) is 2.51. The van der Waals surface area contributed by atoms with Crippen LogP contribution in [0.15, 0.2) is 6.07 Å². The van der Waals surface area contributed by atoms with Crippen molar-refractivity contribution in [2.45, 2.75) is 20.3 Å². The molecule has 0 bridgehead atoms. The smallest absolute Gasteiger partial charge is 0.313 e. The minimum atomic E-state index is -1.10. The number of ether oxygens (including phenoxy) is 1. The second-order valence-electron chi connectivity index (χ2n) is 3.86. The van der Waals surface area contributed by atoms with E-state index in [2.05, 4.69) is 4.74 Å². The van der Waals surface area contributed by atoms with Crippen molar-refractivity contribution in [2.75, 3.05) is 6.61 Å². The van der Waals surface area contributed by atoms with E-state index in [9.17, 15) is 24.1 Å². The molecule has 0 aliphatic rings. The Bertz CT molecular complexity index is 588. The molecule has 1 aromatic rings. The van der Waals surface area contributed by atoms with E-state index in [1.807, 2.05) is 0 Å². The highest BCUT2D eigenvalue weighted by atomic mass is 35.5. The predicted octanol–water partition coefficient (Wildman–Crippen LogP) is 2.83. The van der Waals surface area contributed by atoms with Gasteiger partial charge >= 0.3 is 11.7 Å². The predicted molar refractivity (Wildman–Crippen MR) is 68.4 cm³/mol. The molecule has 0 saturated carbocycles. The van der Waals surface area contributed by atoms with Gasteiger partial charge in [-0.25, -0.2) is 0 Å². The van der Waals surface area contributed by atoms with E-state index >= 15 is 0 Å². The Hall–Kier alpha value is -2.02. The van der Waals surface area contributed by atoms with Gasteiger partial charge in [0.1, 0.15) is 6.42 Å². The van der Waals surface area contributed by atoms with E-state index < -0.39 is 34.6 Å². The number of halogens is 2. The van der Waals surface area contributed by atoms with Gasteiger partial charge in [0.15, 0.2) is 5.78 Å². The zero-order valence-corrected chi connectivity index (χ0v) is 11.5. The number of ketones is 1. The molecule has 108 valence electrons. The van der Waals surface area contributed by atoms with Gasteiger partial charge in [-0.15, -0.1) is 0 Å². The topological polar surface area (TPSA) is 86.5 Å². The van der Waals surface area contributed by atoms with Crippen LogP contribution in [0.5, 0.6) is 0 Å². The van der Waals surface area contributed by atoms with Crippen LogP contribution >= 0.6 is 11.6 Å². The van der Waals surface area contributed by atoms with E-state index in [4.69, 9.17) is 11.6 Å². The summed E-state index contributed by atoms with van der Waals surface area (Å²) in [5, 5.41) is 10.5. The molecule has 0 amide bonds. The van der Waals surface area contributed by atoms with Gasteiger partial charge in [-0.1, -0.05) is 11.6 Å². The molecule has 0 aliphatic heterocycles. The van der Waals surface area contributed by atoms with Crippen LogP contribution in [-0.2, 0) is 9.53 Å². The van der Waals surface area contributed by atoms with Crippen molar-refractivity contribution in [1.29, 1.82) is 0 Å². The van der Waals surface area contributed by atoms with Crippen LogP contribution in [-0.4, -0.2) is 23.3 Å². The molecule has 0 aromatic heterocycles. The van der Waals surface area contributed by atoms with Crippen LogP contribution in [0, 0.1) is 22.9 Å². The number of esters is 1. The molecule has 0 fully saturated rings. The lowest BCUT2D eigenvalue weighted by Gasteiger charge is -2.07. The number of carbonyl (C=O) groups is 2. The lowest BCUT2D eigenvalue weighted by Crippen LogP contribution is -2.13. The van der Waals surface area contributed by atoms with Gasteiger partial charge in [0, 0.05) is 17.2 Å². The molecule has 0 heterocycles. The zero-order chi connectivity index (χ0) is 15.4. The largest absolute Gasteiger partial charge is 0.466 e. The quantitative estimate of drug-likeness (QED) is 0.274. The summed E-state index contributed by atoms with van der Waals surface area (Å²) in [5.74, 6) is -2.65.